The van der Waals surface area contributed by atoms with Gasteiger partial charge in [-0.1, -0.05) is 19.8 Å². The molecule has 1 saturated heterocycles. The molecule has 1 heterocycles. The Morgan fingerprint density at radius 1 is 0.933 bits per heavy atom. The lowest BCUT2D eigenvalue weighted by atomic mass is 9.74. The Labute approximate surface area is 90.2 Å². The molecule has 0 aromatic heterocycles. The summed E-state index contributed by atoms with van der Waals surface area (Å²) in [4.78, 5) is 22.3. The number of ether oxygens (including phenoxy) is 1. The third-order valence-corrected chi connectivity index (χ3v) is 3.81. The third-order valence-electron chi connectivity index (χ3n) is 3.81. The van der Waals surface area contributed by atoms with Crippen molar-refractivity contribution in [3.05, 3.63) is 0 Å². The van der Waals surface area contributed by atoms with E-state index < -0.39 is 0 Å². The highest BCUT2D eigenvalue weighted by molar-refractivity contribution is 5.88. The molecule has 3 nitrogen and oxygen atoms in total. The molecule has 0 aromatic rings. The van der Waals surface area contributed by atoms with Gasteiger partial charge in [0.2, 0.25) is 0 Å². The summed E-state index contributed by atoms with van der Waals surface area (Å²) in [5, 5.41) is 0. The Kier molecular flexibility index (Phi) is 3.08. The smallest absolute Gasteiger partial charge is 0.313 e. The summed E-state index contributed by atoms with van der Waals surface area (Å²) in [6, 6.07) is 0. The van der Waals surface area contributed by atoms with Crippen LogP contribution in [0.2, 0.25) is 0 Å². The fraction of sp³-hybridized carbons (Fsp3) is 0.833. The molecule has 0 spiro atoms. The van der Waals surface area contributed by atoms with Crippen LogP contribution < -0.4 is 0 Å². The zero-order valence-electron chi connectivity index (χ0n) is 9.20. The van der Waals surface area contributed by atoms with E-state index in [2.05, 4.69) is 11.7 Å². The van der Waals surface area contributed by atoms with Crippen molar-refractivity contribution in [1.82, 2.24) is 0 Å². The number of hydrogen-bond donors (Lipinski definition) is 0. The van der Waals surface area contributed by atoms with Crippen molar-refractivity contribution in [3.63, 3.8) is 0 Å². The van der Waals surface area contributed by atoms with Crippen molar-refractivity contribution in [3.8, 4) is 0 Å². The molecule has 0 N–H and O–H groups in total. The Hall–Kier alpha value is -0.860. The van der Waals surface area contributed by atoms with Gasteiger partial charge >= 0.3 is 11.9 Å². The van der Waals surface area contributed by atoms with Gasteiger partial charge in [0, 0.05) is 12.8 Å². The van der Waals surface area contributed by atoms with Gasteiger partial charge in [-0.15, -0.1) is 0 Å². The maximum absolute atomic E-state index is 11.1. The number of hydrogen-bond acceptors (Lipinski definition) is 3. The molecule has 3 heteroatoms. The van der Waals surface area contributed by atoms with Gasteiger partial charge in [-0.2, -0.15) is 0 Å². The Balaban J connectivity index is 1.92. The predicted molar refractivity (Wildman–Crippen MR) is 54.9 cm³/mol. The minimum atomic E-state index is -0.324. The number of esters is 2. The second-order valence-corrected chi connectivity index (χ2v) is 5.03. The van der Waals surface area contributed by atoms with Crippen molar-refractivity contribution in [2.45, 2.75) is 45.4 Å². The first-order valence-electron chi connectivity index (χ1n) is 5.88. The Morgan fingerprint density at radius 3 is 2.00 bits per heavy atom. The molecule has 1 aliphatic heterocycles. The molecule has 0 atom stereocenters. The first-order chi connectivity index (χ1) is 7.15. The number of cyclic esters (lactones) is 2. The van der Waals surface area contributed by atoms with Gasteiger partial charge in [-0.25, -0.2) is 0 Å². The van der Waals surface area contributed by atoms with Crippen molar-refractivity contribution in [2.24, 2.45) is 17.8 Å². The summed E-state index contributed by atoms with van der Waals surface area (Å²) in [6.45, 7) is 2.27. The molecule has 0 unspecified atom stereocenters. The molecule has 2 rings (SSSR count). The summed E-state index contributed by atoms with van der Waals surface area (Å²) < 4.78 is 4.55. The molecule has 15 heavy (non-hydrogen) atoms. The van der Waals surface area contributed by atoms with E-state index in [0.29, 0.717) is 18.8 Å². The number of carbonyl (C=O) groups excluding carboxylic acids is 2. The molecule has 0 radical (unpaired) electrons. The normalized spacial score (nSPS) is 33.9. The molecular weight excluding hydrogens is 192 g/mol. The summed E-state index contributed by atoms with van der Waals surface area (Å²) in [6.07, 6.45) is 5.73. The Bertz CT molecular complexity index is 248. The Morgan fingerprint density at radius 2 is 1.47 bits per heavy atom. The molecule has 0 bridgehead atoms. The largest absolute Gasteiger partial charge is 0.393 e. The minimum absolute atomic E-state index is 0.256. The summed E-state index contributed by atoms with van der Waals surface area (Å²) >= 11 is 0. The van der Waals surface area contributed by atoms with Crippen molar-refractivity contribution < 1.29 is 14.3 Å². The van der Waals surface area contributed by atoms with Crippen LogP contribution in [0.5, 0.6) is 0 Å². The van der Waals surface area contributed by atoms with Gasteiger partial charge in [0.25, 0.3) is 0 Å². The lowest BCUT2D eigenvalue weighted by Crippen LogP contribution is -2.31. The van der Waals surface area contributed by atoms with E-state index in [1.54, 1.807) is 0 Å². The molecule has 1 saturated carbocycles. The van der Waals surface area contributed by atoms with E-state index in [-0.39, 0.29) is 17.9 Å². The van der Waals surface area contributed by atoms with Crippen LogP contribution in [-0.4, -0.2) is 11.9 Å². The van der Waals surface area contributed by atoms with Crippen LogP contribution in [0, 0.1) is 17.8 Å². The molecule has 0 amide bonds. The summed E-state index contributed by atoms with van der Waals surface area (Å²) in [5.41, 5.74) is 0. The fourth-order valence-electron chi connectivity index (χ4n) is 2.80. The zero-order valence-corrected chi connectivity index (χ0v) is 9.20. The fourth-order valence-corrected chi connectivity index (χ4v) is 2.80. The van der Waals surface area contributed by atoms with Gasteiger partial charge in [-0.05, 0) is 30.6 Å². The number of carbonyl (C=O) groups is 2. The molecular formula is C12H18O3. The van der Waals surface area contributed by atoms with Crippen LogP contribution in [-0.2, 0) is 14.3 Å². The second kappa shape index (κ2) is 4.33. The highest BCUT2D eigenvalue weighted by atomic mass is 16.6. The van der Waals surface area contributed by atoms with Crippen LogP contribution >= 0.6 is 0 Å². The highest BCUT2D eigenvalue weighted by Crippen LogP contribution is 2.37. The van der Waals surface area contributed by atoms with Crippen LogP contribution in [0.3, 0.4) is 0 Å². The van der Waals surface area contributed by atoms with Crippen molar-refractivity contribution >= 4 is 11.9 Å². The molecule has 2 aliphatic rings. The van der Waals surface area contributed by atoms with E-state index in [4.69, 9.17) is 0 Å². The van der Waals surface area contributed by atoms with Crippen molar-refractivity contribution in [1.29, 1.82) is 0 Å². The van der Waals surface area contributed by atoms with E-state index >= 15 is 0 Å². The van der Waals surface area contributed by atoms with E-state index in [1.807, 2.05) is 0 Å². The third kappa shape index (κ3) is 2.58. The topological polar surface area (TPSA) is 43.4 Å². The average molecular weight is 210 g/mol. The SMILES string of the molecule is CC1CCC(C2CC(=O)OC(=O)C2)CC1. The van der Waals surface area contributed by atoms with Gasteiger partial charge in [0.05, 0.1) is 0 Å². The van der Waals surface area contributed by atoms with E-state index in [0.717, 1.165) is 5.92 Å². The predicted octanol–water partition coefficient (Wildman–Crippen LogP) is 2.29. The lowest BCUT2D eigenvalue weighted by Gasteiger charge is -2.33. The van der Waals surface area contributed by atoms with Crippen molar-refractivity contribution in [2.75, 3.05) is 0 Å². The van der Waals surface area contributed by atoms with E-state index in [9.17, 15) is 9.59 Å². The highest BCUT2D eigenvalue weighted by Gasteiger charge is 2.34. The quantitative estimate of drug-likeness (QED) is 0.492. The minimum Gasteiger partial charge on any atom is -0.393 e. The second-order valence-electron chi connectivity index (χ2n) is 5.03. The first-order valence-corrected chi connectivity index (χ1v) is 5.88. The van der Waals surface area contributed by atoms with Gasteiger partial charge in [0.1, 0.15) is 0 Å². The molecule has 2 fully saturated rings. The zero-order chi connectivity index (χ0) is 10.8. The van der Waals surface area contributed by atoms with Crippen LogP contribution in [0.15, 0.2) is 0 Å². The standard InChI is InChI=1S/C12H18O3/c1-8-2-4-9(5-3-8)10-6-11(13)15-12(14)7-10/h8-10H,2-7H2,1H3. The summed E-state index contributed by atoms with van der Waals surface area (Å²) in [7, 11) is 0. The van der Waals surface area contributed by atoms with Crippen LogP contribution in [0.4, 0.5) is 0 Å². The molecule has 0 aromatic carbocycles. The van der Waals surface area contributed by atoms with Gasteiger partial charge in [-0.3, -0.25) is 9.59 Å². The average Bonchev–Trinajstić information content (AvgIpc) is 2.17. The van der Waals surface area contributed by atoms with Gasteiger partial charge < -0.3 is 4.74 Å². The van der Waals surface area contributed by atoms with Crippen LogP contribution in [0.25, 0.3) is 0 Å². The molecule has 84 valence electrons. The maximum Gasteiger partial charge on any atom is 0.313 e. The maximum atomic E-state index is 11.1. The lowest BCUT2D eigenvalue weighted by molar-refractivity contribution is -0.166. The van der Waals surface area contributed by atoms with Crippen LogP contribution in [0.1, 0.15) is 45.4 Å². The van der Waals surface area contributed by atoms with E-state index in [1.165, 1.54) is 25.7 Å². The number of rotatable bonds is 1. The monoisotopic (exact) mass is 210 g/mol. The van der Waals surface area contributed by atoms with Gasteiger partial charge in [0.15, 0.2) is 0 Å². The molecule has 1 aliphatic carbocycles. The first kappa shape index (κ1) is 10.7. The summed E-state index contributed by atoms with van der Waals surface area (Å²) in [5.74, 6) is 0.987.